The number of carbonyl (C=O) groups excluding carboxylic acids is 2. The van der Waals surface area contributed by atoms with E-state index < -0.39 is 18.5 Å². The van der Waals surface area contributed by atoms with E-state index in [1.54, 1.807) is 14.2 Å². The smallest absolute Gasteiger partial charge is 0.306 e. The van der Waals surface area contributed by atoms with E-state index in [-0.39, 0.29) is 96.6 Å². The predicted octanol–water partition coefficient (Wildman–Crippen LogP) is 6.90. The molecule has 56 heavy (non-hydrogen) atoms. The molecule has 0 unspecified atom stereocenters. The molecule has 17 atom stereocenters. The molecular weight excluding hydrogens is 755 g/mol. The summed E-state index contributed by atoms with van der Waals surface area (Å²) in [5, 5.41) is 0. The van der Waals surface area contributed by atoms with Gasteiger partial charge in [-0.1, -0.05) is 43.3 Å². The van der Waals surface area contributed by atoms with E-state index in [4.69, 9.17) is 50.1 Å². The Hall–Kier alpha value is -1.42. The first-order chi connectivity index (χ1) is 26.8. The van der Waals surface area contributed by atoms with Crippen LogP contribution in [0.15, 0.2) is 23.3 Å². The molecule has 0 aromatic carbocycles. The minimum Gasteiger partial charge on any atom is -0.469 e. The molecule has 0 bridgehead atoms. The number of hydrogen-bond donors (Lipinski definition) is 0. The minimum atomic E-state index is -0.677. The molecule has 4 fully saturated rings. The Morgan fingerprint density at radius 3 is 2.32 bits per heavy atom. The Bertz CT molecular complexity index is 1460. The zero-order chi connectivity index (χ0) is 40.4. The standard InChI is InChI=1S/C43H67NO10S2/c1-11-26-13-12-14-35(53-37-16-15-34(44(6)7)24(4)49-37)23(3)38(46)33-20-31-29(32(33)21-36(45)51-26)17-22(2)28-18-27(19-30(28)31)52-42-41(48-9)40(54-43(55)56-10)39(47-8)25(5)50-42/h17,20,23-32,34-35,37,39-42H,11-16,18-19,21H2,1-10H3/t23-,24-,25+,26+,27-,28+,29-,30-,31-,32+,34+,35+,37+,39+,40-,41-,42+/m1/s1. The number of likely N-dealkylation sites (N-methyl/N-ethyl adjacent to an activating group) is 1. The van der Waals surface area contributed by atoms with Gasteiger partial charge in [-0.3, -0.25) is 9.59 Å². The fourth-order valence-electron chi connectivity index (χ4n) is 10.8. The van der Waals surface area contributed by atoms with Crippen LogP contribution in [0.4, 0.5) is 0 Å². The van der Waals surface area contributed by atoms with Crippen LogP contribution in [0.1, 0.15) is 92.4 Å². The summed E-state index contributed by atoms with van der Waals surface area (Å²) in [7, 11) is 7.45. The number of thioether (sulfide) groups is 1. The number of hydrogen-bond acceptors (Lipinski definition) is 13. The van der Waals surface area contributed by atoms with E-state index in [9.17, 15) is 9.59 Å². The molecule has 1 saturated carbocycles. The Labute approximate surface area is 344 Å². The van der Waals surface area contributed by atoms with Gasteiger partial charge in [-0.15, -0.1) is 0 Å². The lowest BCUT2D eigenvalue weighted by atomic mass is 9.67. The van der Waals surface area contributed by atoms with E-state index in [2.05, 4.69) is 51.9 Å². The molecule has 3 saturated heterocycles. The van der Waals surface area contributed by atoms with Crippen molar-refractivity contribution in [2.24, 2.45) is 35.5 Å². The molecule has 0 amide bonds. The number of thiocarbonyl (C=S) groups is 1. The van der Waals surface area contributed by atoms with Gasteiger partial charge in [-0.2, -0.15) is 0 Å². The summed E-state index contributed by atoms with van der Waals surface area (Å²) in [6.07, 6.45) is 9.69. The van der Waals surface area contributed by atoms with Crippen molar-refractivity contribution in [3.8, 4) is 0 Å². The van der Waals surface area contributed by atoms with Crippen molar-refractivity contribution in [1.29, 1.82) is 0 Å². The van der Waals surface area contributed by atoms with Gasteiger partial charge in [0.1, 0.15) is 18.3 Å². The van der Waals surface area contributed by atoms with Gasteiger partial charge < -0.3 is 42.8 Å². The molecule has 13 heteroatoms. The third-order valence-corrected chi connectivity index (χ3v) is 14.8. The fourth-order valence-corrected chi connectivity index (χ4v) is 11.1. The van der Waals surface area contributed by atoms with Crippen molar-refractivity contribution in [1.82, 2.24) is 4.90 Å². The molecule has 6 rings (SSSR count). The number of fused-ring (bicyclic) bond motifs is 5. The average Bonchev–Trinajstić information content (AvgIpc) is 3.74. The van der Waals surface area contributed by atoms with Crippen LogP contribution in [0, 0.1) is 35.5 Å². The number of carbonyl (C=O) groups is 2. The molecule has 0 N–H and O–H groups in total. The second-order valence-corrected chi connectivity index (χ2v) is 18.7. The summed E-state index contributed by atoms with van der Waals surface area (Å²) in [4.78, 5) is 30.6. The summed E-state index contributed by atoms with van der Waals surface area (Å²) >= 11 is 6.80. The summed E-state index contributed by atoms with van der Waals surface area (Å²) in [6.45, 7) is 10.3. The van der Waals surface area contributed by atoms with Gasteiger partial charge >= 0.3 is 5.97 Å². The molecule has 11 nitrogen and oxygen atoms in total. The van der Waals surface area contributed by atoms with Crippen LogP contribution in [-0.4, -0.2) is 123 Å². The van der Waals surface area contributed by atoms with Crippen molar-refractivity contribution >= 4 is 40.1 Å². The monoisotopic (exact) mass is 821 g/mol. The van der Waals surface area contributed by atoms with Crippen LogP contribution in [0.25, 0.3) is 0 Å². The SMILES string of the molecule is CC[C@H]1CCC[C@H](O[C@H]2CC[C@H](N(C)C)[C@@H](C)O2)[C@@H](C)C(=O)C2=C[C@@H]3[C@@H](C=C(C)[C@@H]4C[C@@H](O[C@@H]5O[C@@H](C)[C@H](OC)[C@@H](OC(=S)SC)[C@H]5OC)C[C@@H]34)[C@@H]2CC(=O)O1. The fraction of sp³-hybridized carbons (Fsp3) is 0.837. The highest BCUT2D eigenvalue weighted by atomic mass is 32.2. The second kappa shape index (κ2) is 19.3. The lowest BCUT2D eigenvalue weighted by Crippen LogP contribution is -2.60. The van der Waals surface area contributed by atoms with Gasteiger partial charge in [0.15, 0.2) is 24.5 Å². The third kappa shape index (κ3) is 9.46. The van der Waals surface area contributed by atoms with Crippen LogP contribution in [-0.2, 0) is 47.5 Å². The molecular formula is C43H67NO10S2. The number of rotatable bonds is 9. The Morgan fingerprint density at radius 1 is 0.911 bits per heavy atom. The summed E-state index contributed by atoms with van der Waals surface area (Å²) < 4.78 is 50.8. The normalized spacial score (nSPS) is 43.4. The predicted molar refractivity (Wildman–Crippen MR) is 219 cm³/mol. The number of ether oxygens (including phenoxy) is 8. The van der Waals surface area contributed by atoms with Gasteiger partial charge in [0.25, 0.3) is 0 Å². The lowest BCUT2D eigenvalue weighted by molar-refractivity contribution is -0.308. The van der Waals surface area contributed by atoms with Crippen molar-refractivity contribution in [3.05, 3.63) is 23.3 Å². The number of nitrogens with zero attached hydrogens (tertiary/aromatic N) is 1. The highest BCUT2D eigenvalue weighted by molar-refractivity contribution is 8.22. The second-order valence-electron chi connectivity index (χ2n) is 17.3. The third-order valence-electron chi connectivity index (χ3n) is 13.8. The van der Waals surface area contributed by atoms with Crippen LogP contribution in [0.2, 0.25) is 0 Å². The van der Waals surface area contributed by atoms with Gasteiger partial charge in [-0.05, 0) is 134 Å². The van der Waals surface area contributed by atoms with E-state index in [0.29, 0.717) is 16.8 Å². The molecule has 6 aliphatic rings. The molecule has 3 aliphatic heterocycles. The number of ketones is 1. The van der Waals surface area contributed by atoms with Gasteiger partial charge in [-0.25, -0.2) is 0 Å². The lowest BCUT2D eigenvalue weighted by Gasteiger charge is -2.44. The Balaban J connectivity index is 1.23. The molecule has 0 aromatic rings. The van der Waals surface area contributed by atoms with E-state index >= 15 is 0 Å². The van der Waals surface area contributed by atoms with Crippen molar-refractivity contribution in [3.63, 3.8) is 0 Å². The zero-order valence-corrected chi connectivity index (χ0v) is 36.8. The van der Waals surface area contributed by atoms with Crippen molar-refractivity contribution in [2.75, 3.05) is 34.6 Å². The Kier molecular flexibility index (Phi) is 15.2. The maximum atomic E-state index is 14.8. The number of methoxy groups -OCH3 is 2. The van der Waals surface area contributed by atoms with Crippen molar-refractivity contribution in [2.45, 2.75) is 160 Å². The topological polar surface area (TPSA) is 111 Å². The summed E-state index contributed by atoms with van der Waals surface area (Å²) in [6, 6.07) is 0.330. The summed E-state index contributed by atoms with van der Waals surface area (Å²) in [5.74, 6) is -0.147. The number of allylic oxidation sites excluding steroid dienone is 4. The average molecular weight is 822 g/mol. The number of Topliss-reactive ketones (excluding diaryl/α,β-unsaturated/α-hetero) is 1. The maximum Gasteiger partial charge on any atom is 0.306 e. The van der Waals surface area contributed by atoms with Crippen molar-refractivity contribution < 1.29 is 47.5 Å². The largest absolute Gasteiger partial charge is 0.469 e. The van der Waals surface area contributed by atoms with E-state index in [1.807, 2.05) is 20.1 Å². The molecule has 0 aromatic heterocycles. The molecule has 0 spiro atoms. The highest BCUT2D eigenvalue weighted by Gasteiger charge is 2.54. The van der Waals surface area contributed by atoms with Gasteiger partial charge in [0.2, 0.25) is 4.38 Å². The van der Waals surface area contributed by atoms with Crippen LogP contribution < -0.4 is 0 Å². The zero-order valence-electron chi connectivity index (χ0n) is 35.2. The Morgan fingerprint density at radius 2 is 1.66 bits per heavy atom. The van der Waals surface area contributed by atoms with Crippen LogP contribution in [0.5, 0.6) is 0 Å². The first kappa shape index (κ1) is 44.1. The van der Waals surface area contributed by atoms with E-state index in [0.717, 1.165) is 50.5 Å². The maximum absolute atomic E-state index is 14.8. The summed E-state index contributed by atoms with van der Waals surface area (Å²) in [5.41, 5.74) is 2.04. The van der Waals surface area contributed by atoms with Gasteiger partial charge in [0, 0.05) is 32.1 Å². The highest BCUT2D eigenvalue weighted by Crippen LogP contribution is 2.56. The first-order valence-electron chi connectivity index (χ1n) is 21.0. The van der Waals surface area contributed by atoms with Crippen LogP contribution in [0.3, 0.4) is 0 Å². The number of esters is 1. The molecule has 3 aliphatic carbocycles. The van der Waals surface area contributed by atoms with Gasteiger partial charge in [0.05, 0.1) is 30.8 Å². The van der Waals surface area contributed by atoms with Crippen LogP contribution >= 0.6 is 24.0 Å². The molecule has 316 valence electrons. The minimum absolute atomic E-state index is 0.0204. The molecule has 3 heterocycles. The van der Waals surface area contributed by atoms with E-state index in [1.165, 1.54) is 17.3 Å². The first-order valence-corrected chi connectivity index (χ1v) is 22.6. The molecule has 0 radical (unpaired) electrons. The quantitative estimate of drug-likeness (QED) is 0.137. The number of cyclic esters (lactones) is 1.